The van der Waals surface area contributed by atoms with Crippen LogP contribution < -0.4 is 5.32 Å². The third-order valence-corrected chi connectivity index (χ3v) is 2.91. The third-order valence-electron chi connectivity index (χ3n) is 2.91. The minimum absolute atomic E-state index is 0.654. The highest BCUT2D eigenvalue weighted by atomic mass is 16.5. The average molecular weight is 230 g/mol. The molecule has 0 saturated heterocycles. The summed E-state index contributed by atoms with van der Waals surface area (Å²) in [5.41, 5.74) is 0. The molecule has 0 aliphatic carbocycles. The average Bonchev–Trinajstić information content (AvgIpc) is 2.30. The van der Waals surface area contributed by atoms with Gasteiger partial charge in [0.05, 0.1) is 6.61 Å². The lowest BCUT2D eigenvalue weighted by Crippen LogP contribution is -2.31. The normalized spacial score (nSPS) is 13.3. The summed E-state index contributed by atoms with van der Waals surface area (Å²) >= 11 is 0. The zero-order valence-electron chi connectivity index (χ0n) is 11.6. The molecule has 3 heteroatoms. The molecule has 0 aromatic carbocycles. The molecule has 1 N–H and O–H groups in total. The quantitative estimate of drug-likeness (QED) is 0.588. The van der Waals surface area contributed by atoms with Gasteiger partial charge < -0.3 is 15.0 Å². The molecule has 0 amide bonds. The Kier molecular flexibility index (Phi) is 11.3. The van der Waals surface area contributed by atoms with Crippen molar-refractivity contribution in [2.24, 2.45) is 0 Å². The predicted octanol–water partition coefficient (Wildman–Crippen LogP) is 2.12. The van der Waals surface area contributed by atoms with Gasteiger partial charge >= 0.3 is 0 Å². The van der Waals surface area contributed by atoms with E-state index in [4.69, 9.17) is 4.74 Å². The van der Waals surface area contributed by atoms with Crippen molar-refractivity contribution in [1.82, 2.24) is 10.2 Å². The van der Waals surface area contributed by atoms with Gasteiger partial charge in [-0.1, -0.05) is 13.8 Å². The largest absolute Gasteiger partial charge is 0.383 e. The summed E-state index contributed by atoms with van der Waals surface area (Å²) in [4.78, 5) is 2.45. The highest BCUT2D eigenvalue weighted by Gasteiger charge is 2.04. The molecule has 0 aliphatic rings. The van der Waals surface area contributed by atoms with Crippen molar-refractivity contribution in [3.63, 3.8) is 0 Å². The Morgan fingerprint density at radius 2 is 2.00 bits per heavy atom. The van der Waals surface area contributed by atoms with Gasteiger partial charge in [-0.3, -0.25) is 0 Å². The van der Waals surface area contributed by atoms with E-state index in [0.29, 0.717) is 6.04 Å². The molecule has 0 saturated carbocycles. The maximum Gasteiger partial charge on any atom is 0.0589 e. The molecule has 16 heavy (non-hydrogen) atoms. The van der Waals surface area contributed by atoms with E-state index in [1.165, 1.54) is 25.8 Å². The Bertz CT molecular complexity index is 142. The van der Waals surface area contributed by atoms with Crippen LogP contribution in [0.15, 0.2) is 0 Å². The van der Waals surface area contributed by atoms with Crippen LogP contribution in [0.3, 0.4) is 0 Å². The minimum atomic E-state index is 0.654. The van der Waals surface area contributed by atoms with E-state index in [2.05, 4.69) is 31.0 Å². The van der Waals surface area contributed by atoms with Gasteiger partial charge in [0.2, 0.25) is 0 Å². The molecule has 0 radical (unpaired) electrons. The van der Waals surface area contributed by atoms with Crippen LogP contribution in [-0.2, 0) is 4.74 Å². The minimum Gasteiger partial charge on any atom is -0.383 e. The zero-order valence-corrected chi connectivity index (χ0v) is 11.6. The second-order valence-corrected chi connectivity index (χ2v) is 4.42. The van der Waals surface area contributed by atoms with Crippen molar-refractivity contribution >= 4 is 0 Å². The van der Waals surface area contributed by atoms with Crippen LogP contribution >= 0.6 is 0 Å². The first-order chi connectivity index (χ1) is 7.74. The summed E-state index contributed by atoms with van der Waals surface area (Å²) in [6.07, 6.45) is 3.76. The molecule has 98 valence electrons. The van der Waals surface area contributed by atoms with Gasteiger partial charge in [-0.05, 0) is 45.8 Å². The summed E-state index contributed by atoms with van der Waals surface area (Å²) in [5, 5.41) is 3.52. The van der Waals surface area contributed by atoms with Crippen LogP contribution in [0.2, 0.25) is 0 Å². The molecule has 0 fully saturated rings. The predicted molar refractivity (Wildman–Crippen MR) is 71.0 cm³/mol. The number of hydrogen-bond acceptors (Lipinski definition) is 3. The fraction of sp³-hybridized carbons (Fsp3) is 1.00. The Labute approximate surface area is 102 Å². The van der Waals surface area contributed by atoms with E-state index in [1.54, 1.807) is 7.11 Å². The highest BCUT2D eigenvalue weighted by molar-refractivity contribution is 4.62. The van der Waals surface area contributed by atoms with Gasteiger partial charge in [-0.15, -0.1) is 0 Å². The van der Waals surface area contributed by atoms with Crippen molar-refractivity contribution in [2.75, 3.05) is 39.9 Å². The maximum absolute atomic E-state index is 5.10. The number of methoxy groups -OCH3 is 1. The Morgan fingerprint density at radius 1 is 1.25 bits per heavy atom. The topological polar surface area (TPSA) is 24.5 Å². The first-order valence-electron chi connectivity index (χ1n) is 6.69. The van der Waals surface area contributed by atoms with Crippen molar-refractivity contribution in [3.05, 3.63) is 0 Å². The molecule has 0 spiro atoms. The van der Waals surface area contributed by atoms with E-state index in [9.17, 15) is 0 Å². The molecule has 0 heterocycles. The van der Waals surface area contributed by atoms with E-state index >= 15 is 0 Å². The van der Waals surface area contributed by atoms with Crippen LogP contribution in [0.1, 0.15) is 40.0 Å². The fourth-order valence-corrected chi connectivity index (χ4v) is 1.76. The number of likely N-dealkylation sites (N-methyl/N-ethyl adjacent to an activating group) is 1. The van der Waals surface area contributed by atoms with Crippen LogP contribution in [0.4, 0.5) is 0 Å². The van der Waals surface area contributed by atoms with Crippen LogP contribution in [0.25, 0.3) is 0 Å². The van der Waals surface area contributed by atoms with Gasteiger partial charge in [-0.25, -0.2) is 0 Å². The Hall–Kier alpha value is -0.120. The number of ether oxygens (including phenoxy) is 1. The molecular formula is C13H30N2O. The lowest BCUT2D eigenvalue weighted by Gasteiger charge is -2.21. The maximum atomic E-state index is 5.10. The third kappa shape index (κ3) is 9.13. The molecule has 0 rings (SSSR count). The second kappa shape index (κ2) is 11.4. The molecule has 0 aromatic rings. The van der Waals surface area contributed by atoms with E-state index < -0.39 is 0 Å². The number of nitrogens with one attached hydrogen (secondary N) is 1. The fourth-order valence-electron chi connectivity index (χ4n) is 1.76. The van der Waals surface area contributed by atoms with E-state index in [0.717, 1.165) is 26.2 Å². The lowest BCUT2D eigenvalue weighted by atomic mass is 10.1. The molecular weight excluding hydrogens is 200 g/mol. The molecule has 1 atom stereocenters. The Balaban J connectivity index is 3.45. The molecule has 0 bridgehead atoms. The standard InChI is InChI=1S/C13H30N2O/c1-5-9-14-13(3)8-7-10-15(6-2)11-12-16-4/h13-14H,5-12H2,1-4H3. The van der Waals surface area contributed by atoms with Crippen molar-refractivity contribution in [1.29, 1.82) is 0 Å². The highest BCUT2D eigenvalue weighted by Crippen LogP contribution is 1.99. The van der Waals surface area contributed by atoms with Gasteiger partial charge in [0, 0.05) is 19.7 Å². The first-order valence-corrected chi connectivity index (χ1v) is 6.69. The van der Waals surface area contributed by atoms with Gasteiger partial charge in [0.25, 0.3) is 0 Å². The molecule has 1 unspecified atom stereocenters. The molecule has 0 aromatic heterocycles. The van der Waals surface area contributed by atoms with Crippen molar-refractivity contribution in [3.8, 4) is 0 Å². The lowest BCUT2D eigenvalue weighted by molar-refractivity contribution is 0.149. The van der Waals surface area contributed by atoms with Gasteiger partial charge in [-0.2, -0.15) is 0 Å². The van der Waals surface area contributed by atoms with Crippen LogP contribution in [0, 0.1) is 0 Å². The monoisotopic (exact) mass is 230 g/mol. The SMILES string of the molecule is CCCNC(C)CCCN(CC)CCOC. The summed E-state index contributed by atoms with van der Waals surface area (Å²) in [5.74, 6) is 0. The summed E-state index contributed by atoms with van der Waals surface area (Å²) in [7, 11) is 1.77. The zero-order chi connectivity index (χ0) is 12.2. The summed E-state index contributed by atoms with van der Waals surface area (Å²) in [6, 6.07) is 0.654. The van der Waals surface area contributed by atoms with Gasteiger partial charge in [0.1, 0.15) is 0 Å². The number of hydrogen-bond donors (Lipinski definition) is 1. The van der Waals surface area contributed by atoms with Crippen LogP contribution in [-0.4, -0.2) is 50.8 Å². The van der Waals surface area contributed by atoms with E-state index in [-0.39, 0.29) is 0 Å². The van der Waals surface area contributed by atoms with E-state index in [1.807, 2.05) is 0 Å². The van der Waals surface area contributed by atoms with Crippen molar-refractivity contribution < 1.29 is 4.74 Å². The molecule has 3 nitrogen and oxygen atoms in total. The smallest absolute Gasteiger partial charge is 0.0589 e. The molecule has 0 aliphatic heterocycles. The number of rotatable bonds is 11. The summed E-state index contributed by atoms with van der Waals surface area (Å²) in [6.45, 7) is 12.1. The summed E-state index contributed by atoms with van der Waals surface area (Å²) < 4.78 is 5.10. The van der Waals surface area contributed by atoms with Gasteiger partial charge in [0.15, 0.2) is 0 Å². The Morgan fingerprint density at radius 3 is 2.56 bits per heavy atom. The first kappa shape index (κ1) is 15.9. The second-order valence-electron chi connectivity index (χ2n) is 4.42. The van der Waals surface area contributed by atoms with Crippen LogP contribution in [0.5, 0.6) is 0 Å². The number of nitrogens with zero attached hydrogens (tertiary/aromatic N) is 1. The van der Waals surface area contributed by atoms with Crippen molar-refractivity contribution in [2.45, 2.75) is 46.1 Å².